The summed E-state index contributed by atoms with van der Waals surface area (Å²) in [6.45, 7) is 13.5. The third-order valence-corrected chi connectivity index (χ3v) is 7.00. The van der Waals surface area contributed by atoms with Crippen LogP contribution in [0.15, 0.2) is 88.8 Å². The van der Waals surface area contributed by atoms with E-state index in [0.717, 1.165) is 22.8 Å². The van der Waals surface area contributed by atoms with Crippen LogP contribution in [0.5, 0.6) is 0 Å². The summed E-state index contributed by atoms with van der Waals surface area (Å²) in [6, 6.07) is 28.2. The molecule has 0 N–H and O–H groups in total. The van der Waals surface area contributed by atoms with Crippen LogP contribution in [-0.4, -0.2) is 11.4 Å². The monoisotopic (exact) mass is 586 g/mol. The molecule has 200 valence electrons. The average Bonchev–Trinajstić information content (AvgIpc) is 3.18. The van der Waals surface area contributed by atoms with E-state index >= 15 is 0 Å². The number of aliphatic imine (C=N–C) groups is 2. The van der Waals surface area contributed by atoms with Crippen molar-refractivity contribution in [2.24, 2.45) is 9.98 Å². The molecule has 2 nitrogen and oxygen atoms in total. The molecule has 5 heteroatoms. The van der Waals surface area contributed by atoms with Crippen molar-refractivity contribution >= 4 is 54.0 Å². The number of para-hydroxylation sites is 2. The molecule has 0 heterocycles. The summed E-state index contributed by atoms with van der Waals surface area (Å²) in [6.07, 6.45) is 0. The van der Waals surface area contributed by atoms with E-state index in [4.69, 9.17) is 30.4 Å². The molecule has 0 radical (unpaired) electrons. The van der Waals surface area contributed by atoms with Gasteiger partial charge in [0.05, 0.1) is 22.8 Å². The summed E-state index contributed by atoms with van der Waals surface area (Å²) < 4.78 is 0. The van der Waals surface area contributed by atoms with Gasteiger partial charge in [0.1, 0.15) is 0 Å². The quantitative estimate of drug-likeness (QED) is 0.207. The molecule has 0 amide bonds. The van der Waals surface area contributed by atoms with E-state index in [2.05, 4.69) is 120 Å². The van der Waals surface area contributed by atoms with Crippen LogP contribution >= 0.6 is 20.4 Å². The Morgan fingerprint density at radius 3 is 1.53 bits per heavy atom. The molecule has 0 atom stereocenters. The molecule has 1 aliphatic carbocycles. The van der Waals surface area contributed by atoms with Gasteiger partial charge in [-0.05, 0) is 45.9 Å². The van der Waals surface area contributed by atoms with Crippen LogP contribution in [0, 0.1) is 0 Å². The fourth-order valence-electron chi connectivity index (χ4n) is 5.17. The summed E-state index contributed by atoms with van der Waals surface area (Å²) in [5, 5.41) is 2.49. The fraction of sp³-hybridized carbons (Fsp3) is 0.273. The topological polar surface area (TPSA) is 24.7 Å². The van der Waals surface area contributed by atoms with Gasteiger partial charge in [-0.3, -0.25) is 0 Å². The zero-order chi connectivity index (χ0) is 27.4. The number of nitrogens with zero attached hydrogens (tertiary/aromatic N) is 2. The molecule has 1 aliphatic rings. The van der Waals surface area contributed by atoms with Crippen molar-refractivity contribution in [3.63, 3.8) is 0 Å². The molecule has 4 aromatic carbocycles. The first-order valence-corrected chi connectivity index (χ1v) is 15.7. The van der Waals surface area contributed by atoms with E-state index in [1.807, 2.05) is 0 Å². The standard InChI is InChI=1S/C33H34N2.2ClH.Ni/c1-20(2)24-14-7-8-19-29(24)34-32-27-17-9-12-23-13-10-18-28(30(23)27)33(32)35-31-25(21(3)4)15-11-16-26(31)22(5)6;;;/h7-22H,1-6H3;2*1H;/q;;;+2/p-2. The Morgan fingerprint density at radius 2 is 1.00 bits per heavy atom. The fourth-order valence-corrected chi connectivity index (χ4v) is 5.17. The molecule has 0 fully saturated rings. The van der Waals surface area contributed by atoms with Gasteiger partial charge in [0.15, 0.2) is 0 Å². The van der Waals surface area contributed by atoms with Crippen molar-refractivity contribution in [2.75, 3.05) is 0 Å². The van der Waals surface area contributed by atoms with E-state index < -0.39 is 0 Å². The van der Waals surface area contributed by atoms with E-state index in [1.54, 1.807) is 0 Å². The summed E-state index contributed by atoms with van der Waals surface area (Å²) >= 11 is 0.569. The van der Waals surface area contributed by atoms with Gasteiger partial charge in [-0.15, -0.1) is 0 Å². The molecule has 0 saturated carbocycles. The van der Waals surface area contributed by atoms with E-state index in [9.17, 15) is 0 Å². The summed E-state index contributed by atoms with van der Waals surface area (Å²) in [4.78, 5) is 10.8. The SMILES string of the molecule is CC(C)c1ccccc1N=C1C(=Nc2c(C(C)C)cccc2C(C)C)c2cccc3cccc1c23.[Cl][Ni][Cl]. The summed E-state index contributed by atoms with van der Waals surface area (Å²) in [5.74, 6) is 1.16. The Morgan fingerprint density at radius 1 is 0.553 bits per heavy atom. The van der Waals surface area contributed by atoms with Crippen LogP contribution in [0.3, 0.4) is 0 Å². The Kier molecular flexibility index (Phi) is 9.47. The molecule has 0 aliphatic heterocycles. The first-order chi connectivity index (χ1) is 18.3. The second-order valence-corrected chi connectivity index (χ2v) is 12.1. The number of benzene rings is 4. The third kappa shape index (κ3) is 5.76. The van der Waals surface area contributed by atoms with Crippen molar-refractivity contribution < 1.29 is 12.7 Å². The zero-order valence-electron chi connectivity index (χ0n) is 22.7. The van der Waals surface area contributed by atoms with Crippen molar-refractivity contribution in [1.29, 1.82) is 0 Å². The number of halogens is 2. The van der Waals surface area contributed by atoms with Gasteiger partial charge in [-0.1, -0.05) is 114 Å². The maximum atomic E-state index is 5.48. The van der Waals surface area contributed by atoms with Gasteiger partial charge in [0.25, 0.3) is 0 Å². The van der Waals surface area contributed by atoms with Crippen LogP contribution in [0.2, 0.25) is 0 Å². The molecule has 0 aromatic heterocycles. The Bertz CT molecular complexity index is 1470. The van der Waals surface area contributed by atoms with Crippen LogP contribution in [-0.2, 0) is 12.7 Å². The number of hydrogen-bond donors (Lipinski definition) is 0. The molecular formula is C33H34Cl2N2Ni. The molecule has 38 heavy (non-hydrogen) atoms. The van der Waals surface area contributed by atoms with Crippen molar-refractivity contribution in [3.8, 4) is 0 Å². The summed E-state index contributed by atoms with van der Waals surface area (Å²) in [7, 11) is 9.40. The molecule has 0 spiro atoms. The predicted octanol–water partition coefficient (Wildman–Crippen LogP) is 10.8. The first kappa shape index (κ1) is 28.6. The number of hydrogen-bond acceptors (Lipinski definition) is 2. The molecule has 0 bridgehead atoms. The van der Waals surface area contributed by atoms with Gasteiger partial charge in [0.2, 0.25) is 0 Å². The normalized spacial score (nSPS) is 14.8. The van der Waals surface area contributed by atoms with Crippen LogP contribution in [0.1, 0.15) is 87.1 Å². The minimum absolute atomic E-state index is 0.384. The van der Waals surface area contributed by atoms with Crippen molar-refractivity contribution in [1.82, 2.24) is 0 Å². The van der Waals surface area contributed by atoms with Crippen LogP contribution in [0.25, 0.3) is 10.8 Å². The van der Waals surface area contributed by atoms with E-state index in [-0.39, 0.29) is 0 Å². The molecule has 5 rings (SSSR count). The third-order valence-electron chi connectivity index (χ3n) is 7.00. The Balaban J connectivity index is 0.00000107. The van der Waals surface area contributed by atoms with Gasteiger partial charge in [0, 0.05) is 16.5 Å². The van der Waals surface area contributed by atoms with Gasteiger partial charge >= 0.3 is 33.0 Å². The Hall–Kier alpha value is -2.45. The predicted molar refractivity (Wildman–Crippen MR) is 163 cm³/mol. The van der Waals surface area contributed by atoms with E-state index in [1.165, 1.54) is 38.6 Å². The van der Waals surface area contributed by atoms with E-state index in [0.29, 0.717) is 30.4 Å². The average molecular weight is 588 g/mol. The maximum absolute atomic E-state index is 5.48. The zero-order valence-corrected chi connectivity index (χ0v) is 25.2. The molecule has 0 unspecified atom stereocenters. The molecule has 4 aromatic rings. The van der Waals surface area contributed by atoms with Crippen LogP contribution < -0.4 is 0 Å². The van der Waals surface area contributed by atoms with Gasteiger partial charge < -0.3 is 0 Å². The molecule has 0 saturated heterocycles. The van der Waals surface area contributed by atoms with Crippen molar-refractivity contribution in [3.05, 3.63) is 107 Å². The Labute approximate surface area is 241 Å². The van der Waals surface area contributed by atoms with Gasteiger partial charge in [-0.2, -0.15) is 0 Å². The minimum atomic E-state index is 0.384. The first-order valence-electron chi connectivity index (χ1n) is 13.0. The van der Waals surface area contributed by atoms with Crippen LogP contribution in [0.4, 0.5) is 11.4 Å². The molecular weight excluding hydrogens is 554 g/mol. The number of rotatable bonds is 5. The second-order valence-electron chi connectivity index (χ2n) is 10.5. The summed E-state index contributed by atoms with van der Waals surface area (Å²) in [5.41, 5.74) is 10.2. The van der Waals surface area contributed by atoms with Crippen molar-refractivity contribution in [2.45, 2.75) is 59.3 Å². The second kappa shape index (κ2) is 12.6. The van der Waals surface area contributed by atoms with Gasteiger partial charge in [-0.25, -0.2) is 9.98 Å².